The molecule has 0 spiro atoms. The van der Waals surface area contributed by atoms with Crippen molar-refractivity contribution in [2.45, 2.75) is 0 Å². The van der Waals surface area contributed by atoms with E-state index in [0.717, 1.165) is 55.4 Å². The molecule has 0 fully saturated rings. The lowest BCUT2D eigenvalue weighted by Gasteiger charge is -2.09. The molecule has 3 heterocycles. The first-order valence-corrected chi connectivity index (χ1v) is 15.9. The van der Waals surface area contributed by atoms with Crippen LogP contribution in [-0.4, -0.2) is 14.1 Å². The van der Waals surface area contributed by atoms with Gasteiger partial charge >= 0.3 is 0 Å². The van der Waals surface area contributed by atoms with Gasteiger partial charge in [0.15, 0.2) is 5.58 Å². The molecule has 10 aromatic rings. The summed E-state index contributed by atoms with van der Waals surface area (Å²) in [7, 11) is 0. The highest BCUT2D eigenvalue weighted by Gasteiger charge is 2.20. The molecule has 7 aromatic carbocycles. The lowest BCUT2D eigenvalue weighted by Crippen LogP contribution is -1.93. The summed E-state index contributed by atoms with van der Waals surface area (Å²) in [6.45, 7) is 0. The van der Waals surface area contributed by atoms with Crippen LogP contribution >= 0.6 is 0 Å². The number of oxazole rings is 1. The smallest absolute Gasteiger partial charge is 0.227 e. The Balaban J connectivity index is 1.23. The van der Waals surface area contributed by atoms with E-state index >= 15 is 0 Å². The molecule has 0 unspecified atom stereocenters. The molecule has 0 radical (unpaired) electrons. The van der Waals surface area contributed by atoms with E-state index in [1.165, 1.54) is 27.4 Å². The molecule has 0 atom stereocenters. The minimum absolute atomic E-state index is 0.630. The number of benzene rings is 7. The van der Waals surface area contributed by atoms with Crippen LogP contribution in [0.25, 0.3) is 88.7 Å². The van der Waals surface area contributed by atoms with E-state index in [0.29, 0.717) is 5.89 Å². The molecule has 4 nitrogen and oxygen atoms in total. The molecule has 0 aliphatic rings. The van der Waals surface area contributed by atoms with Crippen molar-refractivity contribution in [2.24, 2.45) is 0 Å². The molecule has 0 amide bonds. The summed E-state index contributed by atoms with van der Waals surface area (Å²) in [6, 6.07) is 57.8. The van der Waals surface area contributed by atoms with Crippen molar-refractivity contribution >= 4 is 54.7 Å². The van der Waals surface area contributed by atoms with Gasteiger partial charge in [-0.1, -0.05) is 84.9 Å². The van der Waals surface area contributed by atoms with Crippen LogP contribution in [-0.2, 0) is 0 Å². The molecule has 0 saturated carbocycles. The third-order valence-electron chi connectivity index (χ3n) is 9.34. The highest BCUT2D eigenvalue weighted by molar-refractivity contribution is 6.20. The summed E-state index contributed by atoms with van der Waals surface area (Å²) in [6.07, 6.45) is 0. The van der Waals surface area contributed by atoms with Gasteiger partial charge in [-0.15, -0.1) is 0 Å². The molecule has 0 aliphatic heterocycles. The molecule has 220 valence electrons. The molecule has 3 aromatic heterocycles. The van der Waals surface area contributed by atoms with E-state index < -0.39 is 0 Å². The number of fused-ring (bicyclic) bond motifs is 8. The fourth-order valence-corrected chi connectivity index (χ4v) is 7.24. The maximum atomic E-state index is 6.59. The predicted octanol–water partition coefficient (Wildman–Crippen LogP) is 11.4. The molecule has 0 aliphatic carbocycles. The Morgan fingerprint density at radius 3 is 1.64 bits per heavy atom. The number of hydrogen-bond donors (Lipinski definition) is 0. The highest BCUT2D eigenvalue weighted by Crippen LogP contribution is 2.41. The average molecular weight is 602 g/mol. The first kappa shape index (κ1) is 25.9. The van der Waals surface area contributed by atoms with Crippen LogP contribution in [0.5, 0.6) is 0 Å². The zero-order chi connectivity index (χ0) is 30.9. The van der Waals surface area contributed by atoms with Crippen LogP contribution in [0.3, 0.4) is 0 Å². The lowest BCUT2D eigenvalue weighted by molar-refractivity contribution is 0.623. The number of aromatic nitrogens is 3. The minimum atomic E-state index is 0.630. The predicted molar refractivity (Wildman–Crippen MR) is 194 cm³/mol. The SMILES string of the molecule is c1ccc(-c2nc3ccc4c(c5cc(-c6ccc7c(c6)c6ccccc6n7-c6ccccc6)ccc5n4-c4ccccc4)c3o2)cc1. The second-order valence-corrected chi connectivity index (χ2v) is 12.0. The molecule has 47 heavy (non-hydrogen) atoms. The monoisotopic (exact) mass is 601 g/mol. The van der Waals surface area contributed by atoms with Gasteiger partial charge < -0.3 is 13.6 Å². The van der Waals surface area contributed by atoms with Gasteiger partial charge in [0.25, 0.3) is 0 Å². The summed E-state index contributed by atoms with van der Waals surface area (Å²) in [5.74, 6) is 0.630. The normalized spacial score (nSPS) is 11.8. The summed E-state index contributed by atoms with van der Waals surface area (Å²) in [5, 5.41) is 4.68. The first-order valence-electron chi connectivity index (χ1n) is 15.9. The third-order valence-corrected chi connectivity index (χ3v) is 9.34. The van der Waals surface area contributed by atoms with Crippen molar-refractivity contribution in [1.29, 1.82) is 0 Å². The molecule has 4 heteroatoms. The van der Waals surface area contributed by atoms with Gasteiger partial charge in [0.05, 0.1) is 27.5 Å². The Morgan fingerprint density at radius 1 is 0.404 bits per heavy atom. The zero-order valence-electron chi connectivity index (χ0n) is 25.3. The zero-order valence-corrected chi connectivity index (χ0v) is 25.3. The van der Waals surface area contributed by atoms with Crippen molar-refractivity contribution < 1.29 is 4.42 Å². The van der Waals surface area contributed by atoms with Crippen LogP contribution in [0.4, 0.5) is 0 Å². The van der Waals surface area contributed by atoms with Gasteiger partial charge in [0, 0.05) is 33.1 Å². The lowest BCUT2D eigenvalue weighted by atomic mass is 10.0. The molecule has 0 N–H and O–H groups in total. The molecule has 0 saturated heterocycles. The Bertz CT molecular complexity index is 2770. The second-order valence-electron chi connectivity index (χ2n) is 12.0. The minimum Gasteiger partial charge on any atom is -0.435 e. The van der Waals surface area contributed by atoms with E-state index in [-0.39, 0.29) is 0 Å². The van der Waals surface area contributed by atoms with Gasteiger partial charge in [-0.3, -0.25) is 0 Å². The van der Waals surface area contributed by atoms with E-state index in [1.807, 2.05) is 30.3 Å². The topological polar surface area (TPSA) is 35.9 Å². The van der Waals surface area contributed by atoms with Crippen molar-refractivity contribution in [2.75, 3.05) is 0 Å². The van der Waals surface area contributed by atoms with E-state index in [1.54, 1.807) is 0 Å². The van der Waals surface area contributed by atoms with Gasteiger partial charge in [-0.2, -0.15) is 0 Å². The number of para-hydroxylation sites is 3. The van der Waals surface area contributed by atoms with Crippen LogP contribution in [0.15, 0.2) is 168 Å². The van der Waals surface area contributed by atoms with E-state index in [2.05, 4.69) is 143 Å². The maximum Gasteiger partial charge on any atom is 0.227 e. The molecule has 0 bridgehead atoms. The molecular weight excluding hydrogens is 574 g/mol. The Kier molecular flexibility index (Phi) is 5.54. The number of rotatable bonds is 4. The Morgan fingerprint density at radius 2 is 0.936 bits per heavy atom. The van der Waals surface area contributed by atoms with E-state index in [4.69, 9.17) is 9.40 Å². The van der Waals surface area contributed by atoms with Crippen LogP contribution in [0, 0.1) is 0 Å². The fourth-order valence-electron chi connectivity index (χ4n) is 7.24. The van der Waals surface area contributed by atoms with Crippen molar-refractivity contribution in [3.63, 3.8) is 0 Å². The van der Waals surface area contributed by atoms with Gasteiger partial charge in [-0.25, -0.2) is 4.98 Å². The van der Waals surface area contributed by atoms with Crippen molar-refractivity contribution in [1.82, 2.24) is 14.1 Å². The highest BCUT2D eigenvalue weighted by atomic mass is 16.3. The van der Waals surface area contributed by atoms with Crippen LogP contribution in [0.2, 0.25) is 0 Å². The fraction of sp³-hybridized carbons (Fsp3) is 0. The van der Waals surface area contributed by atoms with E-state index in [9.17, 15) is 0 Å². The summed E-state index contributed by atoms with van der Waals surface area (Å²) in [5.41, 5.74) is 11.8. The summed E-state index contributed by atoms with van der Waals surface area (Å²) in [4.78, 5) is 4.91. The number of hydrogen-bond acceptors (Lipinski definition) is 2. The van der Waals surface area contributed by atoms with Crippen LogP contribution < -0.4 is 0 Å². The second kappa shape index (κ2) is 10.1. The van der Waals surface area contributed by atoms with Crippen molar-refractivity contribution in [3.8, 4) is 34.0 Å². The number of nitrogens with zero attached hydrogens (tertiary/aromatic N) is 3. The Labute approximate surface area is 270 Å². The summed E-state index contributed by atoms with van der Waals surface area (Å²) < 4.78 is 11.3. The van der Waals surface area contributed by atoms with Gasteiger partial charge in [0.1, 0.15) is 5.52 Å². The molecule has 10 rings (SSSR count). The summed E-state index contributed by atoms with van der Waals surface area (Å²) >= 11 is 0. The van der Waals surface area contributed by atoms with Crippen LogP contribution in [0.1, 0.15) is 0 Å². The quantitative estimate of drug-likeness (QED) is 0.201. The van der Waals surface area contributed by atoms with Crippen molar-refractivity contribution in [3.05, 3.63) is 164 Å². The largest absolute Gasteiger partial charge is 0.435 e. The standard InChI is InChI=1S/C43H27N3O/c1-4-12-28(13-5-1)43-44-36-22-25-40-41(42(36)47-43)35-27-30(21-24-39(35)46(40)32-16-8-3-9-17-32)29-20-23-38-34(26-29)33-18-10-11-19-37(33)45(38)31-14-6-2-7-15-31/h1-27H. The third kappa shape index (κ3) is 3.92. The van der Waals surface area contributed by atoms with Gasteiger partial charge in [-0.05, 0) is 90.0 Å². The van der Waals surface area contributed by atoms with Gasteiger partial charge in [0.2, 0.25) is 5.89 Å². The Hall–Kier alpha value is -6.39. The average Bonchev–Trinajstić information content (AvgIpc) is 3.82. The maximum absolute atomic E-state index is 6.59. The molecular formula is C43H27N3O. The first-order chi connectivity index (χ1) is 23.3.